The molecule has 2 nitrogen and oxygen atoms in total. The summed E-state index contributed by atoms with van der Waals surface area (Å²) in [6.07, 6.45) is -0.859. The minimum Gasteiger partial charge on any atom is -0.391 e. The Morgan fingerprint density at radius 3 is 2.25 bits per heavy atom. The average Bonchev–Trinajstić information content (AvgIpc) is 2.28. The molecule has 0 aliphatic heterocycles. The number of halogens is 1. The van der Waals surface area contributed by atoms with Gasteiger partial charge in [-0.3, -0.25) is 4.79 Å². The van der Waals surface area contributed by atoms with Crippen LogP contribution in [0.3, 0.4) is 0 Å². The van der Waals surface area contributed by atoms with Crippen molar-refractivity contribution in [3.05, 3.63) is 35.9 Å². The lowest BCUT2D eigenvalue weighted by Gasteiger charge is -2.29. The molecule has 0 radical (unpaired) electrons. The van der Waals surface area contributed by atoms with Crippen molar-refractivity contribution < 1.29 is 9.90 Å². The van der Waals surface area contributed by atoms with Crippen LogP contribution in [-0.4, -0.2) is 21.9 Å². The number of ketones is 1. The van der Waals surface area contributed by atoms with Gasteiger partial charge in [-0.1, -0.05) is 44.2 Å². The summed E-state index contributed by atoms with van der Waals surface area (Å²) in [5, 5.41) is 9.93. The highest BCUT2D eigenvalue weighted by Crippen LogP contribution is 2.28. The molecule has 0 aromatic heterocycles. The van der Waals surface area contributed by atoms with E-state index in [9.17, 15) is 9.90 Å². The molecule has 1 aromatic carbocycles. The Hall–Kier alpha value is -0.860. The normalized spacial score (nSPS) is 16.9. The van der Waals surface area contributed by atoms with Crippen LogP contribution in [0.2, 0.25) is 0 Å². The van der Waals surface area contributed by atoms with E-state index in [1.807, 2.05) is 19.9 Å². The first-order valence-electron chi connectivity index (χ1n) is 5.34. The molecule has 1 rings (SSSR count). The molecule has 0 aliphatic carbocycles. The molecule has 0 spiro atoms. The Morgan fingerprint density at radius 2 is 1.81 bits per heavy atom. The molecular weight excluding hydrogens is 224 g/mol. The zero-order chi connectivity index (χ0) is 12.3. The molecule has 0 unspecified atom stereocenters. The van der Waals surface area contributed by atoms with Crippen molar-refractivity contribution in [1.82, 2.24) is 0 Å². The van der Waals surface area contributed by atoms with Crippen LogP contribution in [0, 0.1) is 5.92 Å². The molecule has 16 heavy (non-hydrogen) atoms. The van der Waals surface area contributed by atoms with E-state index in [0.717, 1.165) is 0 Å². The second-order valence-electron chi connectivity index (χ2n) is 4.46. The van der Waals surface area contributed by atoms with E-state index in [4.69, 9.17) is 11.6 Å². The van der Waals surface area contributed by atoms with Gasteiger partial charge in [0.05, 0.1) is 6.10 Å². The summed E-state index contributed by atoms with van der Waals surface area (Å²) in [4.78, 5) is 10.9. The number of aliphatic hydroxyl groups is 1. The monoisotopic (exact) mass is 240 g/mol. The van der Waals surface area contributed by atoms with Gasteiger partial charge in [-0.05, 0) is 12.8 Å². The molecule has 0 saturated heterocycles. The Bertz CT molecular complexity index is 357. The molecule has 0 amide bonds. The third-order valence-corrected chi connectivity index (χ3v) is 3.06. The maximum absolute atomic E-state index is 12.1. The highest BCUT2D eigenvalue weighted by atomic mass is 35.5. The standard InChI is InChI=1S/C13H17ClO2/c1-9(2)11(15)13(3,14)12(16)10-7-5-4-6-8-10/h4-9,11,15H,1-3H3/t11-,13-/m1/s1. The Labute approximate surface area is 101 Å². The molecule has 3 heteroatoms. The third-order valence-electron chi connectivity index (χ3n) is 2.67. The van der Waals surface area contributed by atoms with Gasteiger partial charge < -0.3 is 5.11 Å². The number of hydrogen-bond donors (Lipinski definition) is 1. The number of hydrogen-bond acceptors (Lipinski definition) is 2. The fourth-order valence-electron chi connectivity index (χ4n) is 1.63. The van der Waals surface area contributed by atoms with E-state index in [1.165, 1.54) is 0 Å². The first-order valence-corrected chi connectivity index (χ1v) is 5.72. The maximum Gasteiger partial charge on any atom is 0.186 e. The lowest BCUT2D eigenvalue weighted by molar-refractivity contribution is 0.0631. The predicted molar refractivity (Wildman–Crippen MR) is 65.9 cm³/mol. The number of Topliss-reactive ketones (excluding diaryl/α,β-unsaturated/α-hetero) is 1. The van der Waals surface area contributed by atoms with Crippen LogP contribution in [0.1, 0.15) is 31.1 Å². The molecule has 0 saturated carbocycles. The van der Waals surface area contributed by atoms with E-state index >= 15 is 0 Å². The molecule has 0 bridgehead atoms. The highest BCUT2D eigenvalue weighted by molar-refractivity contribution is 6.38. The molecule has 0 fully saturated rings. The van der Waals surface area contributed by atoms with Gasteiger partial charge in [0, 0.05) is 5.56 Å². The Kier molecular flexibility index (Phi) is 4.11. The summed E-state index contributed by atoms with van der Waals surface area (Å²) in [6, 6.07) is 8.80. The van der Waals surface area contributed by atoms with Gasteiger partial charge in [0.25, 0.3) is 0 Å². The van der Waals surface area contributed by atoms with E-state index in [2.05, 4.69) is 0 Å². The zero-order valence-electron chi connectivity index (χ0n) is 9.77. The molecule has 88 valence electrons. The summed E-state index contributed by atoms with van der Waals surface area (Å²) in [5.41, 5.74) is 0.528. The van der Waals surface area contributed by atoms with Crippen LogP contribution in [0.25, 0.3) is 0 Å². The van der Waals surface area contributed by atoms with Crippen LogP contribution in [0.4, 0.5) is 0 Å². The van der Waals surface area contributed by atoms with Gasteiger partial charge in [0.1, 0.15) is 4.87 Å². The minimum atomic E-state index is -1.27. The summed E-state index contributed by atoms with van der Waals surface area (Å²) in [5.74, 6) is -0.300. The number of benzene rings is 1. The van der Waals surface area contributed by atoms with Gasteiger partial charge in [-0.15, -0.1) is 11.6 Å². The molecule has 2 atom stereocenters. The lowest BCUT2D eigenvalue weighted by atomic mass is 9.87. The first kappa shape index (κ1) is 13.2. The molecule has 0 aliphatic rings. The molecular formula is C13H17ClO2. The van der Waals surface area contributed by atoms with E-state index < -0.39 is 11.0 Å². The van der Waals surface area contributed by atoms with E-state index in [1.54, 1.807) is 31.2 Å². The number of aliphatic hydroxyl groups excluding tert-OH is 1. The smallest absolute Gasteiger partial charge is 0.186 e. The highest BCUT2D eigenvalue weighted by Gasteiger charge is 2.40. The summed E-state index contributed by atoms with van der Waals surface area (Å²) in [7, 11) is 0. The molecule has 1 N–H and O–H groups in total. The minimum absolute atomic E-state index is 0.0600. The maximum atomic E-state index is 12.1. The van der Waals surface area contributed by atoms with Gasteiger partial charge in [-0.2, -0.15) is 0 Å². The molecule has 1 aromatic rings. The van der Waals surface area contributed by atoms with Crippen LogP contribution >= 0.6 is 11.6 Å². The second kappa shape index (κ2) is 4.98. The second-order valence-corrected chi connectivity index (χ2v) is 5.24. The number of rotatable bonds is 4. The zero-order valence-corrected chi connectivity index (χ0v) is 10.5. The largest absolute Gasteiger partial charge is 0.391 e. The molecule has 0 heterocycles. The summed E-state index contributed by atoms with van der Waals surface area (Å²) < 4.78 is 0. The van der Waals surface area contributed by atoms with E-state index in [0.29, 0.717) is 5.56 Å². The van der Waals surface area contributed by atoms with Crippen molar-refractivity contribution in [3.8, 4) is 0 Å². The lowest BCUT2D eigenvalue weighted by Crippen LogP contribution is -2.44. The average molecular weight is 241 g/mol. The summed E-state index contributed by atoms with van der Waals surface area (Å²) >= 11 is 6.17. The predicted octanol–water partition coefficient (Wildman–Crippen LogP) is 2.88. The number of alkyl halides is 1. The fraction of sp³-hybridized carbons (Fsp3) is 0.462. The van der Waals surface area contributed by atoms with Crippen molar-refractivity contribution in [2.24, 2.45) is 5.92 Å². The van der Waals surface area contributed by atoms with Gasteiger partial charge in [0.2, 0.25) is 0 Å². The van der Waals surface area contributed by atoms with Crippen molar-refractivity contribution in [1.29, 1.82) is 0 Å². The van der Waals surface area contributed by atoms with Crippen LogP contribution in [0.5, 0.6) is 0 Å². The van der Waals surface area contributed by atoms with Gasteiger partial charge in [-0.25, -0.2) is 0 Å². The van der Waals surface area contributed by atoms with Gasteiger partial charge in [0.15, 0.2) is 5.78 Å². The quantitative estimate of drug-likeness (QED) is 0.649. The van der Waals surface area contributed by atoms with Crippen molar-refractivity contribution in [2.75, 3.05) is 0 Å². The SMILES string of the molecule is CC(C)[C@@H](O)[C@@](C)(Cl)C(=O)c1ccccc1. The van der Waals surface area contributed by atoms with Crippen LogP contribution in [0.15, 0.2) is 30.3 Å². The van der Waals surface area contributed by atoms with Gasteiger partial charge >= 0.3 is 0 Å². The van der Waals surface area contributed by atoms with Crippen LogP contribution < -0.4 is 0 Å². The third kappa shape index (κ3) is 2.63. The first-order chi connectivity index (χ1) is 7.37. The van der Waals surface area contributed by atoms with Crippen LogP contribution in [-0.2, 0) is 0 Å². The van der Waals surface area contributed by atoms with E-state index in [-0.39, 0.29) is 11.7 Å². The van der Waals surface area contributed by atoms with Crippen molar-refractivity contribution in [2.45, 2.75) is 31.7 Å². The number of carbonyl (C=O) groups is 1. The summed E-state index contributed by atoms with van der Waals surface area (Å²) in [6.45, 7) is 5.24. The number of carbonyl (C=O) groups excluding carboxylic acids is 1. The topological polar surface area (TPSA) is 37.3 Å². The van der Waals surface area contributed by atoms with Crippen molar-refractivity contribution >= 4 is 17.4 Å². The Balaban J connectivity index is 2.97. The van der Waals surface area contributed by atoms with Crippen molar-refractivity contribution in [3.63, 3.8) is 0 Å². The fourth-order valence-corrected chi connectivity index (χ4v) is 1.99. The Morgan fingerprint density at radius 1 is 1.31 bits per heavy atom.